The highest BCUT2D eigenvalue weighted by Gasteiger charge is 2.28. The van der Waals surface area contributed by atoms with Gasteiger partial charge in [-0.1, -0.05) is 23.9 Å². The topological polar surface area (TPSA) is 94.8 Å². The molecule has 0 spiro atoms. The quantitative estimate of drug-likeness (QED) is 0.459. The third-order valence-electron chi connectivity index (χ3n) is 4.70. The number of para-hydroxylation sites is 1. The molecule has 0 radical (unpaired) electrons. The molecule has 1 aliphatic rings. The van der Waals surface area contributed by atoms with E-state index in [1.807, 2.05) is 0 Å². The van der Waals surface area contributed by atoms with Crippen LogP contribution < -0.4 is 4.74 Å². The highest BCUT2D eigenvalue weighted by atomic mass is 32.2. The van der Waals surface area contributed by atoms with Gasteiger partial charge in [0.05, 0.1) is 18.3 Å². The van der Waals surface area contributed by atoms with Gasteiger partial charge in [0.15, 0.2) is 17.7 Å². The van der Waals surface area contributed by atoms with E-state index in [2.05, 4.69) is 10.2 Å². The third-order valence-corrected chi connectivity index (χ3v) is 5.50. The molecular formula is C20H24FN3O5S. The summed E-state index contributed by atoms with van der Waals surface area (Å²) >= 11 is 1.13. The molecule has 0 unspecified atom stereocenters. The zero-order chi connectivity index (χ0) is 21.5. The van der Waals surface area contributed by atoms with Gasteiger partial charge in [0.25, 0.3) is 11.1 Å². The molecule has 1 saturated heterocycles. The number of carbonyl (C=O) groups excluding carboxylic acids is 2. The average molecular weight is 437 g/mol. The number of carbonyl (C=O) groups is 2. The summed E-state index contributed by atoms with van der Waals surface area (Å²) in [6.07, 6.45) is 0.566. The van der Waals surface area contributed by atoms with Crippen molar-refractivity contribution in [1.82, 2.24) is 15.1 Å². The summed E-state index contributed by atoms with van der Waals surface area (Å²) in [5, 5.41) is 8.07. The molecule has 0 aliphatic carbocycles. The van der Waals surface area contributed by atoms with Gasteiger partial charge in [-0.2, -0.15) is 0 Å². The molecule has 0 N–H and O–H groups in total. The van der Waals surface area contributed by atoms with Crippen LogP contribution in [0.3, 0.4) is 0 Å². The number of hydrogen-bond acceptors (Lipinski definition) is 8. The van der Waals surface area contributed by atoms with Gasteiger partial charge < -0.3 is 18.8 Å². The minimum absolute atomic E-state index is 0.0577. The molecule has 3 rings (SSSR count). The standard InChI is InChI=1S/C20H24FN3O5S/c1-3-27-19(26)14-8-10-24(11-9-14)17(25)12-30-20-23-22-18(29-20)13(2)28-16-7-5-4-6-15(16)21/h4-7,13-14H,3,8-12H2,1-2H3/t13-/m0/s1. The van der Waals surface area contributed by atoms with E-state index in [4.69, 9.17) is 13.9 Å². The molecule has 1 aliphatic heterocycles. The molecular weight excluding hydrogens is 413 g/mol. The molecule has 2 heterocycles. The van der Waals surface area contributed by atoms with E-state index in [9.17, 15) is 14.0 Å². The number of thioether (sulfide) groups is 1. The summed E-state index contributed by atoms with van der Waals surface area (Å²) in [4.78, 5) is 25.9. The molecule has 1 fully saturated rings. The van der Waals surface area contributed by atoms with Gasteiger partial charge in [0.1, 0.15) is 0 Å². The van der Waals surface area contributed by atoms with Crippen molar-refractivity contribution < 1.29 is 27.9 Å². The van der Waals surface area contributed by atoms with E-state index in [0.29, 0.717) is 32.5 Å². The molecule has 10 heteroatoms. The first-order valence-corrected chi connectivity index (χ1v) is 10.8. The Bertz CT molecular complexity index is 870. The molecule has 2 aromatic rings. The molecule has 162 valence electrons. The number of piperidine rings is 1. The average Bonchev–Trinajstić information content (AvgIpc) is 3.23. The van der Waals surface area contributed by atoms with E-state index in [1.165, 1.54) is 12.1 Å². The minimum Gasteiger partial charge on any atom is -0.478 e. The number of benzene rings is 1. The molecule has 1 aromatic heterocycles. The molecule has 1 amide bonds. The Hall–Kier alpha value is -2.62. The zero-order valence-corrected chi connectivity index (χ0v) is 17.7. The lowest BCUT2D eigenvalue weighted by atomic mass is 9.97. The largest absolute Gasteiger partial charge is 0.478 e. The second kappa shape index (κ2) is 10.4. The Kier molecular flexibility index (Phi) is 7.67. The summed E-state index contributed by atoms with van der Waals surface area (Å²) < 4.78 is 29.8. The van der Waals surface area contributed by atoms with E-state index >= 15 is 0 Å². The van der Waals surface area contributed by atoms with Crippen LogP contribution in [0.15, 0.2) is 33.9 Å². The second-order valence-corrected chi connectivity index (χ2v) is 7.72. The fourth-order valence-electron chi connectivity index (χ4n) is 3.06. The number of likely N-dealkylation sites (tertiary alicyclic amines) is 1. The summed E-state index contributed by atoms with van der Waals surface area (Å²) in [5.74, 6) is -0.426. The van der Waals surface area contributed by atoms with Crippen molar-refractivity contribution in [1.29, 1.82) is 0 Å². The Morgan fingerprint density at radius 2 is 2.03 bits per heavy atom. The van der Waals surface area contributed by atoms with Gasteiger partial charge in [0, 0.05) is 13.1 Å². The second-order valence-electron chi connectivity index (χ2n) is 6.79. The SMILES string of the molecule is CCOC(=O)C1CCN(C(=O)CSc2nnc([C@H](C)Oc3ccccc3F)o2)CC1. The number of ether oxygens (including phenoxy) is 2. The van der Waals surface area contributed by atoms with Gasteiger partial charge in [-0.15, -0.1) is 10.2 Å². The van der Waals surface area contributed by atoms with Gasteiger partial charge in [0.2, 0.25) is 5.91 Å². The molecule has 0 bridgehead atoms. The Morgan fingerprint density at radius 3 is 2.73 bits per heavy atom. The Balaban J connectivity index is 1.45. The summed E-state index contributed by atoms with van der Waals surface area (Å²) in [6, 6.07) is 6.06. The molecule has 1 aromatic carbocycles. The lowest BCUT2D eigenvalue weighted by Gasteiger charge is -2.30. The van der Waals surface area contributed by atoms with Crippen LogP contribution in [0.5, 0.6) is 5.75 Å². The molecule has 0 saturated carbocycles. The van der Waals surface area contributed by atoms with Crippen LogP contribution in [0.1, 0.15) is 38.7 Å². The van der Waals surface area contributed by atoms with Crippen LogP contribution in [0.2, 0.25) is 0 Å². The summed E-state index contributed by atoms with van der Waals surface area (Å²) in [6.45, 7) is 4.86. The van der Waals surface area contributed by atoms with Crippen LogP contribution >= 0.6 is 11.8 Å². The minimum atomic E-state index is -0.638. The third kappa shape index (κ3) is 5.71. The summed E-state index contributed by atoms with van der Waals surface area (Å²) in [7, 11) is 0. The normalized spacial score (nSPS) is 15.6. The van der Waals surface area contributed by atoms with E-state index < -0.39 is 11.9 Å². The van der Waals surface area contributed by atoms with Crippen LogP contribution in [0, 0.1) is 11.7 Å². The number of halogens is 1. The molecule has 1 atom stereocenters. The number of hydrogen-bond donors (Lipinski definition) is 0. The predicted molar refractivity (Wildman–Crippen MR) is 106 cm³/mol. The summed E-state index contributed by atoms with van der Waals surface area (Å²) in [5.41, 5.74) is 0. The Morgan fingerprint density at radius 1 is 1.30 bits per heavy atom. The zero-order valence-electron chi connectivity index (χ0n) is 16.9. The first-order valence-electron chi connectivity index (χ1n) is 9.79. The highest BCUT2D eigenvalue weighted by Crippen LogP contribution is 2.26. The smallest absolute Gasteiger partial charge is 0.309 e. The maximum absolute atomic E-state index is 13.7. The Labute approximate surface area is 178 Å². The van der Waals surface area contributed by atoms with Crippen LogP contribution in [0.25, 0.3) is 0 Å². The van der Waals surface area contributed by atoms with Crippen molar-refractivity contribution in [3.8, 4) is 5.75 Å². The fraction of sp³-hybridized carbons (Fsp3) is 0.500. The maximum Gasteiger partial charge on any atom is 0.309 e. The predicted octanol–water partition coefficient (Wildman–Crippen LogP) is 3.24. The van der Waals surface area contributed by atoms with E-state index in [0.717, 1.165) is 11.8 Å². The van der Waals surface area contributed by atoms with Gasteiger partial charge in [-0.3, -0.25) is 9.59 Å². The van der Waals surface area contributed by atoms with Crippen molar-refractivity contribution in [2.24, 2.45) is 5.92 Å². The molecule has 8 nitrogen and oxygen atoms in total. The van der Waals surface area contributed by atoms with Crippen molar-refractivity contribution in [2.75, 3.05) is 25.4 Å². The highest BCUT2D eigenvalue weighted by molar-refractivity contribution is 7.99. The van der Waals surface area contributed by atoms with Crippen molar-refractivity contribution in [2.45, 2.75) is 38.0 Å². The van der Waals surface area contributed by atoms with E-state index in [-0.39, 0.29) is 40.4 Å². The number of esters is 1. The van der Waals surface area contributed by atoms with Crippen LogP contribution in [0.4, 0.5) is 4.39 Å². The van der Waals surface area contributed by atoms with Crippen molar-refractivity contribution in [3.05, 3.63) is 36.0 Å². The molecule has 30 heavy (non-hydrogen) atoms. The lowest BCUT2D eigenvalue weighted by Crippen LogP contribution is -2.41. The lowest BCUT2D eigenvalue weighted by molar-refractivity contribution is -0.151. The van der Waals surface area contributed by atoms with Crippen LogP contribution in [-0.4, -0.2) is 52.4 Å². The van der Waals surface area contributed by atoms with Crippen molar-refractivity contribution in [3.63, 3.8) is 0 Å². The number of aromatic nitrogens is 2. The number of rotatable bonds is 8. The van der Waals surface area contributed by atoms with Gasteiger partial charge in [-0.05, 0) is 38.8 Å². The fourth-order valence-corrected chi connectivity index (χ4v) is 3.74. The van der Waals surface area contributed by atoms with Gasteiger partial charge in [-0.25, -0.2) is 4.39 Å². The first-order chi connectivity index (χ1) is 14.5. The maximum atomic E-state index is 13.7. The van der Waals surface area contributed by atoms with Crippen LogP contribution in [-0.2, 0) is 14.3 Å². The first kappa shape index (κ1) is 22.1. The van der Waals surface area contributed by atoms with Gasteiger partial charge >= 0.3 is 5.97 Å². The monoisotopic (exact) mass is 437 g/mol. The van der Waals surface area contributed by atoms with Crippen molar-refractivity contribution >= 4 is 23.6 Å². The number of amides is 1. The van der Waals surface area contributed by atoms with E-state index in [1.54, 1.807) is 30.9 Å². The number of nitrogens with zero attached hydrogens (tertiary/aromatic N) is 3.